The molecule has 0 spiro atoms. The van der Waals surface area contributed by atoms with Gasteiger partial charge in [0.05, 0.1) is 13.2 Å². The van der Waals surface area contributed by atoms with Crippen molar-refractivity contribution in [3.05, 3.63) is 0 Å². The minimum atomic E-state index is -0.536. The van der Waals surface area contributed by atoms with Crippen LogP contribution in [0.4, 0.5) is 0 Å². The van der Waals surface area contributed by atoms with Crippen LogP contribution < -0.4 is 0 Å². The number of esters is 2. The first-order valence-corrected chi connectivity index (χ1v) is 3.52. The Morgan fingerprint density at radius 3 is 1.58 bits per heavy atom. The van der Waals surface area contributed by atoms with Gasteiger partial charge >= 0.3 is 11.9 Å². The fraction of sp³-hybridized carbons (Fsp3) is 0.714. The van der Waals surface area contributed by atoms with Gasteiger partial charge in [0.15, 0.2) is 0 Å². The average molecular weight is 208 g/mol. The van der Waals surface area contributed by atoms with E-state index < -0.39 is 11.9 Å². The van der Waals surface area contributed by atoms with E-state index in [0.29, 0.717) is 0 Å². The molecule has 0 bridgehead atoms. The predicted molar refractivity (Wildman–Crippen MR) is 37.9 cm³/mol. The molecule has 0 aliphatic heterocycles. The van der Waals surface area contributed by atoms with Gasteiger partial charge in [0.25, 0.3) is 0 Å². The maximum Gasteiger partial charge on any atom is 0.317 e. The van der Waals surface area contributed by atoms with Crippen LogP contribution in [0, 0.1) is 0 Å². The van der Waals surface area contributed by atoms with Gasteiger partial charge in [-0.25, -0.2) is 0 Å². The minimum Gasteiger partial charge on any atom is -0.466 e. The summed E-state index contributed by atoms with van der Waals surface area (Å²) in [7, 11) is 0. The van der Waals surface area contributed by atoms with Crippen LogP contribution >= 0.6 is 0 Å². The van der Waals surface area contributed by atoms with Gasteiger partial charge in [-0.2, -0.15) is 0 Å². The van der Waals surface area contributed by atoms with Crippen molar-refractivity contribution in [1.82, 2.24) is 0 Å². The first-order valence-electron chi connectivity index (χ1n) is 3.52. The molecular weight excluding hydrogens is 196 g/mol. The third-order valence-electron chi connectivity index (χ3n) is 0.899. The van der Waals surface area contributed by atoms with E-state index in [1.165, 1.54) is 0 Å². The SMILES string of the molecule is CCOC(=O)CC(=O)OCC.[Ti]. The maximum atomic E-state index is 10.6. The van der Waals surface area contributed by atoms with Gasteiger partial charge in [-0.3, -0.25) is 9.59 Å². The second kappa shape index (κ2) is 8.75. The quantitative estimate of drug-likeness (QED) is 0.383. The van der Waals surface area contributed by atoms with Crippen molar-refractivity contribution in [2.75, 3.05) is 13.2 Å². The molecule has 0 aliphatic rings. The van der Waals surface area contributed by atoms with Gasteiger partial charge in [0.1, 0.15) is 6.42 Å². The molecule has 4 nitrogen and oxygen atoms in total. The summed E-state index contributed by atoms with van der Waals surface area (Å²) in [5.41, 5.74) is 0. The van der Waals surface area contributed by atoms with Crippen LogP contribution in [0.2, 0.25) is 0 Å². The third kappa shape index (κ3) is 7.76. The second-order valence-electron chi connectivity index (χ2n) is 1.79. The maximum absolute atomic E-state index is 10.6. The molecular formula is C7H12O4Ti. The first kappa shape index (κ1) is 14.2. The van der Waals surface area contributed by atoms with E-state index in [0.717, 1.165) is 0 Å². The number of carbonyl (C=O) groups excluding carboxylic acids is 2. The normalized spacial score (nSPS) is 8.17. The van der Waals surface area contributed by atoms with E-state index in [9.17, 15) is 9.59 Å². The second-order valence-corrected chi connectivity index (χ2v) is 1.79. The van der Waals surface area contributed by atoms with Crippen LogP contribution in [0.25, 0.3) is 0 Å². The summed E-state index contributed by atoms with van der Waals surface area (Å²) >= 11 is 0. The Morgan fingerprint density at radius 1 is 1.00 bits per heavy atom. The zero-order chi connectivity index (χ0) is 8.69. The van der Waals surface area contributed by atoms with Gasteiger partial charge in [0, 0.05) is 21.7 Å². The number of hydrogen-bond acceptors (Lipinski definition) is 4. The molecule has 0 aliphatic carbocycles. The zero-order valence-corrected chi connectivity index (χ0v) is 8.82. The Kier molecular flexibility index (Phi) is 10.3. The standard InChI is InChI=1S/C7H12O4.Ti/c1-3-10-6(8)5-7(9)11-4-2;/h3-5H2,1-2H3;. The summed E-state index contributed by atoms with van der Waals surface area (Å²) in [5, 5.41) is 0. The fourth-order valence-electron chi connectivity index (χ4n) is 0.542. The molecule has 0 aromatic heterocycles. The summed E-state index contributed by atoms with van der Waals surface area (Å²) in [6, 6.07) is 0. The Labute approximate surface area is 86.5 Å². The molecule has 0 saturated heterocycles. The molecule has 0 N–H and O–H groups in total. The summed E-state index contributed by atoms with van der Waals surface area (Å²) < 4.78 is 9.04. The third-order valence-corrected chi connectivity index (χ3v) is 0.899. The molecule has 0 saturated carbocycles. The molecule has 0 heterocycles. The van der Waals surface area contributed by atoms with Gasteiger partial charge in [-0.1, -0.05) is 0 Å². The minimum absolute atomic E-state index is 0. The van der Waals surface area contributed by atoms with Crippen LogP contribution in [0.15, 0.2) is 0 Å². The van der Waals surface area contributed by atoms with E-state index in [-0.39, 0.29) is 41.4 Å². The molecule has 0 aromatic rings. The average Bonchev–Trinajstić information content (AvgIpc) is 1.87. The Bertz CT molecular complexity index is 130. The van der Waals surface area contributed by atoms with Crippen LogP contribution in [0.5, 0.6) is 0 Å². The number of hydrogen-bond donors (Lipinski definition) is 0. The summed E-state index contributed by atoms with van der Waals surface area (Å²) in [6.45, 7) is 3.95. The van der Waals surface area contributed by atoms with E-state index in [1.54, 1.807) is 13.8 Å². The van der Waals surface area contributed by atoms with Crippen molar-refractivity contribution in [1.29, 1.82) is 0 Å². The van der Waals surface area contributed by atoms with Crippen molar-refractivity contribution < 1.29 is 40.8 Å². The molecule has 0 unspecified atom stereocenters. The monoisotopic (exact) mass is 208 g/mol. The molecule has 0 rings (SSSR count). The van der Waals surface area contributed by atoms with Crippen LogP contribution in [-0.2, 0) is 40.8 Å². The molecule has 0 radical (unpaired) electrons. The van der Waals surface area contributed by atoms with E-state index in [2.05, 4.69) is 9.47 Å². The van der Waals surface area contributed by atoms with Crippen molar-refractivity contribution in [3.63, 3.8) is 0 Å². The van der Waals surface area contributed by atoms with Crippen molar-refractivity contribution >= 4 is 11.9 Å². The van der Waals surface area contributed by atoms with Crippen LogP contribution in [-0.4, -0.2) is 25.2 Å². The van der Waals surface area contributed by atoms with E-state index >= 15 is 0 Å². The topological polar surface area (TPSA) is 52.6 Å². The van der Waals surface area contributed by atoms with Crippen molar-refractivity contribution in [3.8, 4) is 0 Å². The number of carbonyl (C=O) groups is 2. The van der Waals surface area contributed by atoms with E-state index in [1.807, 2.05) is 0 Å². The Balaban J connectivity index is 0. The molecule has 5 heteroatoms. The van der Waals surface area contributed by atoms with Gasteiger partial charge < -0.3 is 9.47 Å². The van der Waals surface area contributed by atoms with Crippen LogP contribution in [0.3, 0.4) is 0 Å². The van der Waals surface area contributed by atoms with Gasteiger partial charge in [0.2, 0.25) is 0 Å². The summed E-state index contributed by atoms with van der Waals surface area (Å²) in [5.74, 6) is -1.07. The summed E-state index contributed by atoms with van der Waals surface area (Å²) in [6.07, 6.45) is -0.290. The van der Waals surface area contributed by atoms with Crippen LogP contribution in [0.1, 0.15) is 20.3 Å². The predicted octanol–water partition coefficient (Wildman–Crippen LogP) is 0.500. The van der Waals surface area contributed by atoms with E-state index in [4.69, 9.17) is 0 Å². The zero-order valence-electron chi connectivity index (χ0n) is 7.25. The first-order chi connectivity index (χ1) is 5.20. The van der Waals surface area contributed by atoms with Gasteiger partial charge in [-0.05, 0) is 13.8 Å². The summed E-state index contributed by atoms with van der Waals surface area (Å²) in [4.78, 5) is 21.2. The molecule has 68 valence electrons. The fourth-order valence-corrected chi connectivity index (χ4v) is 0.542. The van der Waals surface area contributed by atoms with Crippen molar-refractivity contribution in [2.45, 2.75) is 20.3 Å². The molecule has 0 amide bonds. The van der Waals surface area contributed by atoms with Gasteiger partial charge in [-0.15, -0.1) is 0 Å². The molecule has 0 atom stereocenters. The molecule has 0 aromatic carbocycles. The molecule has 0 fully saturated rings. The number of rotatable bonds is 4. The smallest absolute Gasteiger partial charge is 0.317 e. The largest absolute Gasteiger partial charge is 0.466 e. The van der Waals surface area contributed by atoms with Crippen molar-refractivity contribution in [2.24, 2.45) is 0 Å². The number of ether oxygens (including phenoxy) is 2. The molecule has 12 heavy (non-hydrogen) atoms. The Hall–Kier alpha value is -0.346. The Morgan fingerprint density at radius 2 is 1.33 bits per heavy atom.